The summed E-state index contributed by atoms with van der Waals surface area (Å²) in [6.45, 7) is 4.69. The Labute approximate surface area is 222 Å². The summed E-state index contributed by atoms with van der Waals surface area (Å²) in [6, 6.07) is 13.0. The van der Waals surface area contributed by atoms with Crippen LogP contribution in [0.5, 0.6) is 5.75 Å². The third-order valence-electron chi connectivity index (χ3n) is 7.33. The molecule has 202 valence electrons. The predicted octanol–water partition coefficient (Wildman–Crippen LogP) is 3.85. The smallest absolute Gasteiger partial charge is 0.410 e. The first-order valence-electron chi connectivity index (χ1n) is 13.2. The molecule has 3 amide bonds. The largest absolute Gasteiger partial charge is 0.492 e. The second-order valence-corrected chi connectivity index (χ2v) is 10.4. The summed E-state index contributed by atoms with van der Waals surface area (Å²) >= 11 is 0. The van der Waals surface area contributed by atoms with Gasteiger partial charge in [-0.2, -0.15) is 0 Å². The summed E-state index contributed by atoms with van der Waals surface area (Å²) in [4.78, 5) is 46.6. The summed E-state index contributed by atoms with van der Waals surface area (Å²) in [5, 5.41) is 0. The molecule has 1 saturated carbocycles. The first-order valence-corrected chi connectivity index (χ1v) is 13.2. The van der Waals surface area contributed by atoms with E-state index in [-0.39, 0.29) is 30.8 Å². The van der Waals surface area contributed by atoms with E-state index in [1.807, 2.05) is 37.3 Å². The highest BCUT2D eigenvalue weighted by Crippen LogP contribution is 2.39. The zero-order chi connectivity index (χ0) is 26.5. The minimum absolute atomic E-state index is 0.0565. The van der Waals surface area contributed by atoms with Crippen LogP contribution in [-0.4, -0.2) is 77.8 Å². The van der Waals surface area contributed by atoms with Crippen molar-refractivity contribution in [3.63, 3.8) is 0 Å². The molecule has 2 saturated heterocycles. The maximum absolute atomic E-state index is 12.7. The Morgan fingerprint density at radius 3 is 2.39 bits per heavy atom. The van der Waals surface area contributed by atoms with Gasteiger partial charge in [0, 0.05) is 26.2 Å². The van der Waals surface area contributed by atoms with E-state index >= 15 is 0 Å². The van der Waals surface area contributed by atoms with E-state index in [1.54, 1.807) is 28.1 Å². The second kappa shape index (κ2) is 11.3. The molecule has 1 aromatic carbocycles. The van der Waals surface area contributed by atoms with Crippen LogP contribution in [0.25, 0.3) is 0 Å². The van der Waals surface area contributed by atoms with Gasteiger partial charge in [-0.15, -0.1) is 0 Å². The molecular formula is C28H34N4O6. The van der Waals surface area contributed by atoms with Gasteiger partial charge >= 0.3 is 12.2 Å². The minimum atomic E-state index is -0.501. The Kier molecular flexibility index (Phi) is 7.67. The number of carbonyl (C=O) groups is 3. The minimum Gasteiger partial charge on any atom is -0.492 e. The maximum Gasteiger partial charge on any atom is 0.410 e. The Morgan fingerprint density at radius 2 is 1.74 bits per heavy atom. The molecule has 0 radical (unpaired) electrons. The number of piperidine rings is 1. The van der Waals surface area contributed by atoms with Gasteiger partial charge in [0.25, 0.3) is 0 Å². The molecular weight excluding hydrogens is 488 g/mol. The van der Waals surface area contributed by atoms with Gasteiger partial charge < -0.3 is 19.1 Å². The molecule has 10 nitrogen and oxygen atoms in total. The molecule has 5 rings (SSSR count). The van der Waals surface area contributed by atoms with Gasteiger partial charge in [-0.1, -0.05) is 30.3 Å². The Hall–Kier alpha value is -3.82. The monoisotopic (exact) mass is 522 g/mol. The highest BCUT2D eigenvalue weighted by Gasteiger charge is 2.43. The lowest BCUT2D eigenvalue weighted by atomic mass is 9.98. The van der Waals surface area contributed by atoms with E-state index in [9.17, 15) is 14.4 Å². The fourth-order valence-electron chi connectivity index (χ4n) is 4.55. The van der Waals surface area contributed by atoms with Crippen molar-refractivity contribution >= 4 is 23.9 Å². The van der Waals surface area contributed by atoms with E-state index in [4.69, 9.17) is 14.2 Å². The van der Waals surface area contributed by atoms with Gasteiger partial charge in [-0.25, -0.2) is 14.6 Å². The van der Waals surface area contributed by atoms with Gasteiger partial charge in [0.2, 0.25) is 5.91 Å². The summed E-state index contributed by atoms with van der Waals surface area (Å²) < 4.78 is 16.9. The van der Waals surface area contributed by atoms with E-state index < -0.39 is 6.09 Å². The average Bonchev–Trinajstić information content (AvgIpc) is 3.67. The molecule has 10 heteroatoms. The SMILES string of the molecule is CC1(OC(=O)N2CCC(COc3ccc(N4CCN(C(=O)OCc5ccccc5)CC4=O)nc3)CC2)CC1. The fraction of sp³-hybridized carbons (Fsp3) is 0.500. The normalized spacial score (nSPS) is 19.2. The number of hydrogen-bond acceptors (Lipinski definition) is 7. The van der Waals surface area contributed by atoms with E-state index in [0.717, 1.165) is 31.2 Å². The van der Waals surface area contributed by atoms with Crippen molar-refractivity contribution in [2.75, 3.05) is 44.2 Å². The zero-order valence-corrected chi connectivity index (χ0v) is 21.7. The number of likely N-dealkylation sites (tertiary alicyclic amines) is 1. The number of piperazine rings is 1. The van der Waals surface area contributed by atoms with Gasteiger partial charge in [0.1, 0.15) is 30.3 Å². The van der Waals surface area contributed by atoms with Crippen molar-refractivity contribution in [3.8, 4) is 5.75 Å². The molecule has 0 atom stereocenters. The second-order valence-electron chi connectivity index (χ2n) is 10.4. The standard InChI is InChI=1S/C28H34N4O6/c1-28(11-12-28)38-27(35)30-13-9-22(10-14-30)19-36-23-7-8-24(29-17-23)32-16-15-31(18-25(32)33)26(34)37-20-21-5-3-2-4-6-21/h2-8,17,22H,9-16,18-20H2,1H3. The van der Waals surface area contributed by atoms with Gasteiger partial charge in [-0.05, 0) is 56.2 Å². The zero-order valence-electron chi connectivity index (χ0n) is 21.7. The van der Waals surface area contributed by atoms with Crippen LogP contribution in [0.4, 0.5) is 15.4 Å². The Bertz CT molecular complexity index is 1130. The highest BCUT2D eigenvalue weighted by molar-refractivity contribution is 5.96. The van der Waals surface area contributed by atoms with Crippen molar-refractivity contribution in [1.82, 2.24) is 14.8 Å². The lowest BCUT2D eigenvalue weighted by Gasteiger charge is -2.33. The van der Waals surface area contributed by atoms with Crippen LogP contribution in [0.3, 0.4) is 0 Å². The number of pyridine rings is 1. The number of rotatable bonds is 7. The van der Waals surface area contributed by atoms with Crippen LogP contribution in [-0.2, 0) is 20.9 Å². The number of benzene rings is 1. The third kappa shape index (κ3) is 6.54. The summed E-state index contributed by atoms with van der Waals surface area (Å²) in [5.41, 5.74) is 0.647. The molecule has 2 aliphatic heterocycles. The van der Waals surface area contributed by atoms with Crippen LogP contribution in [0, 0.1) is 5.92 Å². The molecule has 0 spiro atoms. The molecule has 2 aromatic rings. The lowest BCUT2D eigenvalue weighted by Crippen LogP contribution is -2.52. The van der Waals surface area contributed by atoms with Crippen molar-refractivity contribution in [2.24, 2.45) is 5.92 Å². The van der Waals surface area contributed by atoms with E-state index in [2.05, 4.69) is 4.98 Å². The predicted molar refractivity (Wildman–Crippen MR) is 139 cm³/mol. The van der Waals surface area contributed by atoms with Crippen LogP contribution in [0.15, 0.2) is 48.7 Å². The third-order valence-corrected chi connectivity index (χ3v) is 7.33. The summed E-state index contributed by atoms with van der Waals surface area (Å²) in [7, 11) is 0. The quantitative estimate of drug-likeness (QED) is 0.544. The Balaban J connectivity index is 1.03. The fourth-order valence-corrected chi connectivity index (χ4v) is 4.55. The van der Waals surface area contributed by atoms with Crippen LogP contribution in [0.1, 0.15) is 38.2 Å². The van der Waals surface area contributed by atoms with Gasteiger partial charge in [0.15, 0.2) is 0 Å². The molecule has 1 aromatic heterocycles. The highest BCUT2D eigenvalue weighted by atomic mass is 16.6. The average molecular weight is 523 g/mol. The molecule has 0 bridgehead atoms. The van der Waals surface area contributed by atoms with Crippen LogP contribution >= 0.6 is 0 Å². The van der Waals surface area contributed by atoms with E-state index in [1.165, 1.54) is 4.90 Å². The number of aromatic nitrogens is 1. The Morgan fingerprint density at radius 1 is 0.974 bits per heavy atom. The van der Waals surface area contributed by atoms with Crippen molar-refractivity contribution < 1.29 is 28.6 Å². The van der Waals surface area contributed by atoms with Crippen molar-refractivity contribution in [1.29, 1.82) is 0 Å². The van der Waals surface area contributed by atoms with Gasteiger partial charge in [0.05, 0.1) is 12.8 Å². The van der Waals surface area contributed by atoms with E-state index in [0.29, 0.717) is 50.3 Å². The maximum atomic E-state index is 12.7. The number of anilines is 1. The molecule has 0 N–H and O–H groups in total. The topological polar surface area (TPSA) is 102 Å². The molecule has 1 aliphatic carbocycles. The van der Waals surface area contributed by atoms with Crippen LogP contribution < -0.4 is 9.64 Å². The number of carbonyl (C=O) groups excluding carboxylic acids is 3. The summed E-state index contributed by atoms with van der Waals surface area (Å²) in [6.07, 6.45) is 4.54. The van der Waals surface area contributed by atoms with Crippen molar-refractivity contribution in [3.05, 3.63) is 54.2 Å². The molecule has 3 heterocycles. The number of ether oxygens (including phenoxy) is 3. The number of hydrogen-bond donors (Lipinski definition) is 0. The lowest BCUT2D eigenvalue weighted by molar-refractivity contribution is -0.121. The number of nitrogens with zero attached hydrogens (tertiary/aromatic N) is 4. The van der Waals surface area contributed by atoms with Crippen LogP contribution in [0.2, 0.25) is 0 Å². The molecule has 38 heavy (non-hydrogen) atoms. The first kappa shape index (κ1) is 25.8. The molecule has 3 fully saturated rings. The van der Waals surface area contributed by atoms with Gasteiger partial charge in [-0.3, -0.25) is 14.6 Å². The molecule has 3 aliphatic rings. The molecule has 0 unspecified atom stereocenters. The van der Waals surface area contributed by atoms with Crippen molar-refractivity contribution in [2.45, 2.75) is 44.8 Å². The summed E-state index contributed by atoms with van der Waals surface area (Å²) in [5.74, 6) is 1.30. The number of amides is 3. The first-order chi connectivity index (χ1) is 18.4.